The topological polar surface area (TPSA) is 62.2 Å². The third kappa shape index (κ3) is 3.70. The summed E-state index contributed by atoms with van der Waals surface area (Å²) in [6.07, 6.45) is 3.70. The number of hydrogen-bond donors (Lipinski definition) is 2. The fourth-order valence-electron chi connectivity index (χ4n) is 1.15. The van der Waals surface area contributed by atoms with Gasteiger partial charge in [0.05, 0.1) is 0 Å². The maximum absolute atomic E-state index is 7.25. The molecule has 0 aliphatic heterocycles. The van der Waals surface area contributed by atoms with Crippen molar-refractivity contribution in [2.75, 3.05) is 6.26 Å². The second-order valence-corrected chi connectivity index (χ2v) is 4.38. The SMILES string of the molecule is CSc1ccc(C=NC(=N)SN)cc1C. The predicted octanol–water partition coefficient (Wildman–Crippen LogP) is 2.68. The molecule has 1 rings (SSSR count). The predicted molar refractivity (Wildman–Crippen MR) is 70.1 cm³/mol. The number of rotatable bonds is 2. The van der Waals surface area contributed by atoms with Crippen LogP contribution in [-0.4, -0.2) is 17.6 Å². The zero-order valence-electron chi connectivity index (χ0n) is 8.65. The monoisotopic (exact) mass is 239 g/mol. The Balaban J connectivity index is 2.84. The van der Waals surface area contributed by atoms with E-state index < -0.39 is 0 Å². The van der Waals surface area contributed by atoms with E-state index in [1.165, 1.54) is 10.5 Å². The lowest BCUT2D eigenvalue weighted by atomic mass is 10.1. The Morgan fingerprint density at radius 2 is 2.27 bits per heavy atom. The first kappa shape index (κ1) is 12.3. The molecule has 3 N–H and O–H groups in total. The Hall–Kier alpha value is -0.780. The minimum absolute atomic E-state index is 0.113. The smallest absolute Gasteiger partial charge is 0.195 e. The number of aliphatic imine (C=N–C) groups is 1. The largest absolute Gasteiger partial charge is 0.276 e. The molecule has 0 saturated heterocycles. The van der Waals surface area contributed by atoms with Gasteiger partial charge in [0.1, 0.15) is 0 Å². The maximum atomic E-state index is 7.25. The molecule has 1 aromatic carbocycles. The Morgan fingerprint density at radius 3 is 2.80 bits per heavy atom. The average Bonchev–Trinajstić information content (AvgIpc) is 2.26. The van der Waals surface area contributed by atoms with Crippen LogP contribution in [0.4, 0.5) is 0 Å². The summed E-state index contributed by atoms with van der Waals surface area (Å²) in [4.78, 5) is 5.16. The zero-order chi connectivity index (χ0) is 11.3. The van der Waals surface area contributed by atoms with Crippen molar-refractivity contribution >= 4 is 35.1 Å². The highest BCUT2D eigenvalue weighted by molar-refractivity contribution is 8.11. The molecular weight excluding hydrogens is 226 g/mol. The highest BCUT2D eigenvalue weighted by Crippen LogP contribution is 2.19. The molecule has 0 fully saturated rings. The molecule has 0 unspecified atom stereocenters. The van der Waals surface area contributed by atoms with Gasteiger partial charge in [0.15, 0.2) is 5.17 Å². The van der Waals surface area contributed by atoms with Gasteiger partial charge in [0, 0.05) is 11.1 Å². The van der Waals surface area contributed by atoms with Crippen molar-refractivity contribution in [1.29, 1.82) is 5.41 Å². The van der Waals surface area contributed by atoms with Gasteiger partial charge in [-0.2, -0.15) is 0 Å². The summed E-state index contributed by atoms with van der Waals surface area (Å²) in [5.74, 6) is 0. The molecule has 3 nitrogen and oxygen atoms in total. The van der Waals surface area contributed by atoms with Crippen LogP contribution in [0.1, 0.15) is 11.1 Å². The third-order valence-electron chi connectivity index (χ3n) is 1.86. The highest BCUT2D eigenvalue weighted by atomic mass is 32.2. The van der Waals surface area contributed by atoms with E-state index in [1.54, 1.807) is 18.0 Å². The molecule has 15 heavy (non-hydrogen) atoms. The average molecular weight is 239 g/mol. The van der Waals surface area contributed by atoms with Gasteiger partial charge in [-0.1, -0.05) is 6.07 Å². The molecular formula is C10H13N3S2. The van der Waals surface area contributed by atoms with Crippen LogP contribution in [-0.2, 0) is 0 Å². The molecule has 0 amide bonds. The van der Waals surface area contributed by atoms with E-state index in [0.717, 1.165) is 17.5 Å². The van der Waals surface area contributed by atoms with Gasteiger partial charge < -0.3 is 0 Å². The summed E-state index contributed by atoms with van der Waals surface area (Å²) in [6.45, 7) is 2.06. The van der Waals surface area contributed by atoms with Crippen LogP contribution >= 0.6 is 23.7 Å². The van der Waals surface area contributed by atoms with Crippen LogP contribution in [0.3, 0.4) is 0 Å². The van der Waals surface area contributed by atoms with E-state index in [2.05, 4.69) is 24.2 Å². The first-order chi connectivity index (χ1) is 7.17. The summed E-state index contributed by atoms with van der Waals surface area (Å²) < 4.78 is 0. The highest BCUT2D eigenvalue weighted by Gasteiger charge is 1.97. The van der Waals surface area contributed by atoms with Crippen LogP contribution < -0.4 is 5.14 Å². The van der Waals surface area contributed by atoms with Crippen molar-refractivity contribution < 1.29 is 0 Å². The molecule has 0 aromatic heterocycles. The number of nitrogens with two attached hydrogens (primary N) is 1. The van der Waals surface area contributed by atoms with Crippen molar-refractivity contribution in [3.05, 3.63) is 29.3 Å². The Kier molecular flexibility index (Phi) is 4.87. The molecule has 1 aromatic rings. The van der Waals surface area contributed by atoms with E-state index in [-0.39, 0.29) is 5.17 Å². The van der Waals surface area contributed by atoms with Crippen LogP contribution in [0.2, 0.25) is 0 Å². The van der Waals surface area contributed by atoms with Crippen LogP contribution in [0.15, 0.2) is 28.1 Å². The van der Waals surface area contributed by atoms with Gasteiger partial charge in [0.25, 0.3) is 0 Å². The Labute approximate surface area is 98.2 Å². The number of benzene rings is 1. The Morgan fingerprint density at radius 1 is 1.53 bits per heavy atom. The number of amidine groups is 1. The van der Waals surface area contributed by atoms with E-state index >= 15 is 0 Å². The molecule has 80 valence electrons. The second-order valence-electron chi connectivity index (χ2n) is 2.91. The molecule has 0 bridgehead atoms. The summed E-state index contributed by atoms with van der Waals surface area (Å²) >= 11 is 2.56. The number of hydrogen-bond acceptors (Lipinski definition) is 4. The van der Waals surface area contributed by atoms with Gasteiger partial charge in [-0.15, -0.1) is 11.8 Å². The van der Waals surface area contributed by atoms with Crippen molar-refractivity contribution in [3.63, 3.8) is 0 Å². The molecule has 0 aliphatic carbocycles. The first-order valence-corrected chi connectivity index (χ1v) is 6.42. The molecule has 0 saturated carbocycles. The molecule has 0 aliphatic rings. The van der Waals surface area contributed by atoms with E-state index in [1.807, 2.05) is 12.1 Å². The van der Waals surface area contributed by atoms with E-state index in [4.69, 9.17) is 10.5 Å². The normalized spacial score (nSPS) is 10.9. The van der Waals surface area contributed by atoms with Crippen LogP contribution in [0.5, 0.6) is 0 Å². The first-order valence-electron chi connectivity index (χ1n) is 4.31. The molecule has 5 heteroatoms. The van der Waals surface area contributed by atoms with Crippen LogP contribution in [0.25, 0.3) is 0 Å². The quantitative estimate of drug-likeness (QED) is 0.361. The fourth-order valence-corrected chi connectivity index (χ4v) is 1.84. The molecule has 0 radical (unpaired) electrons. The van der Waals surface area contributed by atoms with Crippen LogP contribution in [0, 0.1) is 12.3 Å². The summed E-state index contributed by atoms with van der Waals surface area (Å²) in [6, 6.07) is 6.08. The zero-order valence-corrected chi connectivity index (χ0v) is 10.3. The molecule has 0 heterocycles. The summed E-state index contributed by atoms with van der Waals surface area (Å²) in [5, 5.41) is 12.6. The lowest BCUT2D eigenvalue weighted by Crippen LogP contribution is -1.92. The minimum atomic E-state index is 0.113. The van der Waals surface area contributed by atoms with Crippen molar-refractivity contribution in [3.8, 4) is 0 Å². The van der Waals surface area contributed by atoms with Crippen molar-refractivity contribution in [2.24, 2.45) is 10.1 Å². The van der Waals surface area contributed by atoms with E-state index in [9.17, 15) is 0 Å². The third-order valence-corrected chi connectivity index (χ3v) is 3.09. The van der Waals surface area contributed by atoms with Crippen molar-refractivity contribution in [1.82, 2.24) is 0 Å². The minimum Gasteiger partial charge on any atom is -0.276 e. The number of nitrogens with one attached hydrogen (secondary N) is 1. The maximum Gasteiger partial charge on any atom is 0.195 e. The van der Waals surface area contributed by atoms with E-state index in [0.29, 0.717) is 0 Å². The summed E-state index contributed by atoms with van der Waals surface area (Å²) in [5.41, 5.74) is 2.21. The number of thioether (sulfide) groups is 1. The van der Waals surface area contributed by atoms with Gasteiger partial charge >= 0.3 is 0 Å². The fraction of sp³-hybridized carbons (Fsp3) is 0.200. The molecule has 0 atom stereocenters. The molecule has 0 spiro atoms. The Bertz CT molecular complexity index is 388. The lowest BCUT2D eigenvalue weighted by molar-refractivity contribution is 1.30. The van der Waals surface area contributed by atoms with Gasteiger partial charge in [-0.3, -0.25) is 10.5 Å². The lowest BCUT2D eigenvalue weighted by Gasteiger charge is -2.02. The van der Waals surface area contributed by atoms with Gasteiger partial charge in [-0.25, -0.2) is 4.99 Å². The number of nitrogens with zero attached hydrogens (tertiary/aromatic N) is 1. The summed E-state index contributed by atoms with van der Waals surface area (Å²) in [7, 11) is 0. The van der Waals surface area contributed by atoms with Gasteiger partial charge in [-0.05, 0) is 48.4 Å². The second kappa shape index (κ2) is 5.95. The standard InChI is InChI=1S/C10H13N3S2/c1-7-5-8(3-4-9(7)14-2)6-13-10(11)15-12/h3-6,11H,12H2,1-2H3. The van der Waals surface area contributed by atoms with Crippen molar-refractivity contribution in [2.45, 2.75) is 11.8 Å². The number of aryl methyl sites for hydroxylation is 1. The van der Waals surface area contributed by atoms with Gasteiger partial charge in [0.2, 0.25) is 0 Å².